The molecule has 3 rings (SSSR count). The van der Waals surface area contributed by atoms with Gasteiger partial charge >= 0.3 is 0 Å². The van der Waals surface area contributed by atoms with Crippen molar-refractivity contribution < 1.29 is 13.2 Å². The lowest BCUT2D eigenvalue weighted by Gasteiger charge is -2.28. The second-order valence-corrected chi connectivity index (χ2v) is 6.46. The summed E-state index contributed by atoms with van der Waals surface area (Å²) in [6.07, 6.45) is 0.700. The van der Waals surface area contributed by atoms with E-state index in [2.05, 4.69) is 10.3 Å². The number of pyridine rings is 1. The van der Waals surface area contributed by atoms with Gasteiger partial charge in [0.15, 0.2) is 23.1 Å². The molecular weight excluding hydrogens is 365 g/mol. The summed E-state index contributed by atoms with van der Waals surface area (Å²) in [5, 5.41) is 12.5. The second kappa shape index (κ2) is 7.52. The van der Waals surface area contributed by atoms with Gasteiger partial charge in [-0.1, -0.05) is 18.5 Å². The van der Waals surface area contributed by atoms with Crippen LogP contribution in [0.2, 0.25) is 5.02 Å². The zero-order valence-corrected chi connectivity index (χ0v) is 14.7. The van der Waals surface area contributed by atoms with E-state index < -0.39 is 17.5 Å². The summed E-state index contributed by atoms with van der Waals surface area (Å²) >= 11 is 5.89. The van der Waals surface area contributed by atoms with Crippen molar-refractivity contribution in [1.29, 1.82) is 5.26 Å². The van der Waals surface area contributed by atoms with E-state index in [0.29, 0.717) is 30.9 Å². The summed E-state index contributed by atoms with van der Waals surface area (Å²) in [4.78, 5) is 6.20. The molecule has 2 heterocycles. The average Bonchev–Trinajstić information content (AvgIpc) is 3.03. The lowest BCUT2D eigenvalue weighted by Crippen LogP contribution is -2.31. The van der Waals surface area contributed by atoms with Gasteiger partial charge in [0.1, 0.15) is 11.9 Å². The van der Waals surface area contributed by atoms with Crippen LogP contribution in [0.15, 0.2) is 24.3 Å². The molecule has 1 fully saturated rings. The number of benzene rings is 1. The number of rotatable bonds is 4. The molecular formula is C18H16ClF3N4. The minimum atomic E-state index is -1.47. The standard InChI is InChI=1S/C18H16ClF3N4/c1-2-26-6-5-14(24-16-4-3-11(19)15(9-23)25-16)18(26)10-7-12(20)17(22)13(21)8-10/h3-4,7-8,14,18H,2,5-6H2,1H3,(H,24,25). The zero-order valence-electron chi connectivity index (χ0n) is 13.9. The molecule has 0 aliphatic carbocycles. The predicted molar refractivity (Wildman–Crippen MR) is 92.3 cm³/mol. The van der Waals surface area contributed by atoms with Gasteiger partial charge in [-0.3, -0.25) is 4.90 Å². The maximum atomic E-state index is 13.7. The number of anilines is 1. The summed E-state index contributed by atoms with van der Waals surface area (Å²) < 4.78 is 40.7. The normalized spacial score (nSPS) is 20.2. The number of nitrogens with zero attached hydrogens (tertiary/aromatic N) is 3. The van der Waals surface area contributed by atoms with Gasteiger partial charge in [0, 0.05) is 12.6 Å². The molecule has 0 amide bonds. The SMILES string of the molecule is CCN1CCC(Nc2ccc(Cl)c(C#N)n2)C1c1cc(F)c(F)c(F)c1. The summed E-state index contributed by atoms with van der Waals surface area (Å²) in [5.74, 6) is -3.45. The number of hydrogen-bond donors (Lipinski definition) is 1. The van der Waals surface area contributed by atoms with Crippen molar-refractivity contribution in [2.75, 3.05) is 18.4 Å². The van der Waals surface area contributed by atoms with Crippen LogP contribution in [0.4, 0.5) is 19.0 Å². The summed E-state index contributed by atoms with van der Waals surface area (Å²) in [6.45, 7) is 3.32. The van der Waals surface area contributed by atoms with Crippen LogP contribution in [0.1, 0.15) is 30.6 Å². The molecule has 1 N–H and O–H groups in total. The molecule has 0 radical (unpaired) electrons. The molecule has 1 aliphatic heterocycles. The van der Waals surface area contributed by atoms with Crippen LogP contribution < -0.4 is 5.32 Å². The highest BCUT2D eigenvalue weighted by atomic mass is 35.5. The largest absolute Gasteiger partial charge is 0.365 e. The number of aromatic nitrogens is 1. The lowest BCUT2D eigenvalue weighted by atomic mass is 9.99. The Hall–Kier alpha value is -2.30. The molecule has 1 aromatic carbocycles. The summed E-state index contributed by atoms with van der Waals surface area (Å²) in [6, 6.07) is 6.61. The number of likely N-dealkylation sites (N-methyl/N-ethyl adjacent to an activating group) is 1. The number of nitriles is 1. The Bertz CT molecular complexity index is 845. The molecule has 2 aromatic rings. The third-order valence-electron chi connectivity index (χ3n) is 4.54. The van der Waals surface area contributed by atoms with Crippen LogP contribution in [0.3, 0.4) is 0 Å². The lowest BCUT2D eigenvalue weighted by molar-refractivity contribution is 0.263. The van der Waals surface area contributed by atoms with Gasteiger partial charge in [0.05, 0.1) is 11.1 Å². The van der Waals surface area contributed by atoms with Crippen molar-refractivity contribution in [2.24, 2.45) is 0 Å². The van der Waals surface area contributed by atoms with E-state index in [9.17, 15) is 13.2 Å². The third-order valence-corrected chi connectivity index (χ3v) is 4.85. The Morgan fingerprint density at radius 3 is 2.62 bits per heavy atom. The Kier molecular flexibility index (Phi) is 5.35. The highest BCUT2D eigenvalue weighted by Gasteiger charge is 2.35. The molecule has 1 aromatic heterocycles. The zero-order chi connectivity index (χ0) is 18.8. The molecule has 0 bridgehead atoms. The van der Waals surface area contributed by atoms with Crippen LogP contribution in [-0.2, 0) is 0 Å². The first kappa shape index (κ1) is 18.5. The monoisotopic (exact) mass is 380 g/mol. The fourth-order valence-corrected chi connectivity index (χ4v) is 3.49. The molecule has 0 spiro atoms. The molecule has 2 atom stereocenters. The van der Waals surface area contributed by atoms with E-state index in [0.717, 1.165) is 12.1 Å². The first-order valence-corrected chi connectivity index (χ1v) is 8.54. The third kappa shape index (κ3) is 3.48. The molecule has 2 unspecified atom stereocenters. The Morgan fingerprint density at radius 2 is 2.00 bits per heavy atom. The maximum Gasteiger partial charge on any atom is 0.194 e. The highest BCUT2D eigenvalue weighted by molar-refractivity contribution is 6.31. The topological polar surface area (TPSA) is 52.0 Å². The van der Waals surface area contributed by atoms with E-state index >= 15 is 0 Å². The van der Waals surface area contributed by atoms with E-state index in [1.807, 2.05) is 17.9 Å². The van der Waals surface area contributed by atoms with Crippen molar-refractivity contribution in [2.45, 2.75) is 25.4 Å². The Morgan fingerprint density at radius 1 is 1.31 bits per heavy atom. The predicted octanol–water partition coefficient (Wildman–Crippen LogP) is 4.27. The van der Waals surface area contributed by atoms with E-state index in [1.54, 1.807) is 12.1 Å². The first-order valence-electron chi connectivity index (χ1n) is 8.16. The van der Waals surface area contributed by atoms with Crippen LogP contribution >= 0.6 is 11.6 Å². The van der Waals surface area contributed by atoms with Crippen molar-refractivity contribution >= 4 is 17.4 Å². The van der Waals surface area contributed by atoms with Crippen molar-refractivity contribution in [1.82, 2.24) is 9.88 Å². The number of hydrogen-bond acceptors (Lipinski definition) is 4. The van der Waals surface area contributed by atoms with Gasteiger partial charge in [-0.2, -0.15) is 5.26 Å². The van der Waals surface area contributed by atoms with Gasteiger partial charge in [0.2, 0.25) is 0 Å². The minimum absolute atomic E-state index is 0.0948. The number of halogens is 4. The highest BCUT2D eigenvalue weighted by Crippen LogP contribution is 2.35. The van der Waals surface area contributed by atoms with Crippen LogP contribution in [0, 0.1) is 28.8 Å². The fourth-order valence-electron chi connectivity index (χ4n) is 3.34. The van der Waals surface area contributed by atoms with Gasteiger partial charge in [0.25, 0.3) is 0 Å². The smallest absolute Gasteiger partial charge is 0.194 e. The van der Waals surface area contributed by atoms with E-state index in [1.165, 1.54) is 0 Å². The molecule has 0 saturated carbocycles. The maximum absolute atomic E-state index is 13.7. The van der Waals surface area contributed by atoms with Crippen LogP contribution in [-0.4, -0.2) is 29.0 Å². The minimum Gasteiger partial charge on any atom is -0.365 e. The van der Waals surface area contributed by atoms with E-state index in [4.69, 9.17) is 16.9 Å². The average molecular weight is 381 g/mol. The molecule has 1 aliphatic rings. The molecule has 136 valence electrons. The Balaban J connectivity index is 1.93. The van der Waals surface area contributed by atoms with Crippen LogP contribution in [0.5, 0.6) is 0 Å². The summed E-state index contributed by atoms with van der Waals surface area (Å²) in [7, 11) is 0. The fraction of sp³-hybridized carbons (Fsp3) is 0.333. The van der Waals surface area contributed by atoms with Crippen molar-refractivity contribution in [3.05, 3.63) is 58.0 Å². The van der Waals surface area contributed by atoms with Gasteiger partial charge < -0.3 is 5.32 Å². The summed E-state index contributed by atoms with van der Waals surface area (Å²) in [5.41, 5.74) is 0.449. The van der Waals surface area contributed by atoms with Gasteiger partial charge in [-0.25, -0.2) is 18.2 Å². The van der Waals surface area contributed by atoms with Gasteiger partial charge in [-0.05, 0) is 42.8 Å². The van der Waals surface area contributed by atoms with Crippen molar-refractivity contribution in [3.8, 4) is 6.07 Å². The van der Waals surface area contributed by atoms with Crippen LogP contribution in [0.25, 0.3) is 0 Å². The molecule has 1 saturated heterocycles. The number of nitrogens with one attached hydrogen (secondary N) is 1. The molecule has 8 heteroatoms. The molecule has 4 nitrogen and oxygen atoms in total. The first-order chi connectivity index (χ1) is 12.4. The number of likely N-dealkylation sites (tertiary alicyclic amines) is 1. The van der Waals surface area contributed by atoms with E-state index in [-0.39, 0.29) is 22.8 Å². The second-order valence-electron chi connectivity index (χ2n) is 6.05. The van der Waals surface area contributed by atoms with Gasteiger partial charge in [-0.15, -0.1) is 0 Å². The quantitative estimate of drug-likeness (QED) is 0.805. The van der Waals surface area contributed by atoms with Crippen molar-refractivity contribution in [3.63, 3.8) is 0 Å². The molecule has 26 heavy (non-hydrogen) atoms. The Labute approximate surface area is 154 Å².